The van der Waals surface area contributed by atoms with E-state index in [0.717, 1.165) is 22.5 Å². The Balaban J connectivity index is 1.67. The van der Waals surface area contributed by atoms with Crippen molar-refractivity contribution in [1.29, 1.82) is 0 Å². The maximum atomic E-state index is 13.6. The number of amides is 2. The lowest BCUT2D eigenvalue weighted by atomic mass is 9.94. The molecule has 0 bridgehead atoms. The molecule has 9 nitrogen and oxygen atoms in total. The quantitative estimate of drug-likeness (QED) is 0.521. The minimum Gasteiger partial charge on any atom is -0.497 e. The number of carbonyl (C=O) groups excluding carboxylic acids is 2. The SMILES string of the molecule is COC(=O)C(Cc1ccccc1)NC(=O)N1CCc2[nH]cnc2C1c1cc(OC)ccc1OC. The Bertz CT molecular complexity index is 1150. The van der Waals surface area contributed by atoms with Gasteiger partial charge in [0.05, 0.1) is 33.4 Å². The number of aromatic amines is 1. The summed E-state index contributed by atoms with van der Waals surface area (Å²) in [6.45, 7) is 0.422. The molecular formula is C25H28N4O5. The fourth-order valence-corrected chi connectivity index (χ4v) is 4.28. The first kappa shape index (κ1) is 23.2. The van der Waals surface area contributed by atoms with Gasteiger partial charge >= 0.3 is 12.0 Å². The van der Waals surface area contributed by atoms with E-state index in [4.69, 9.17) is 14.2 Å². The van der Waals surface area contributed by atoms with Crippen LogP contribution in [0.3, 0.4) is 0 Å². The lowest BCUT2D eigenvalue weighted by Crippen LogP contribution is -2.52. The zero-order valence-corrected chi connectivity index (χ0v) is 19.4. The third-order valence-electron chi connectivity index (χ3n) is 5.98. The van der Waals surface area contributed by atoms with Gasteiger partial charge in [-0.3, -0.25) is 0 Å². The molecule has 1 aliphatic rings. The van der Waals surface area contributed by atoms with Crippen LogP contribution in [-0.4, -0.2) is 60.8 Å². The van der Waals surface area contributed by atoms with Gasteiger partial charge in [-0.05, 0) is 23.8 Å². The van der Waals surface area contributed by atoms with Gasteiger partial charge < -0.3 is 29.4 Å². The number of rotatable bonds is 7. The number of hydrogen-bond acceptors (Lipinski definition) is 6. The third kappa shape index (κ3) is 4.68. The van der Waals surface area contributed by atoms with Crippen molar-refractivity contribution in [3.05, 3.63) is 77.4 Å². The second kappa shape index (κ2) is 10.3. The molecule has 0 radical (unpaired) electrons. The number of esters is 1. The molecule has 178 valence electrons. The molecule has 2 heterocycles. The highest BCUT2D eigenvalue weighted by atomic mass is 16.5. The van der Waals surface area contributed by atoms with Gasteiger partial charge in [0, 0.05) is 30.6 Å². The molecule has 0 fully saturated rings. The molecule has 2 atom stereocenters. The Morgan fingerprint density at radius 2 is 1.94 bits per heavy atom. The summed E-state index contributed by atoms with van der Waals surface area (Å²) in [4.78, 5) is 35.5. The van der Waals surface area contributed by atoms with Crippen molar-refractivity contribution in [2.45, 2.75) is 24.9 Å². The van der Waals surface area contributed by atoms with Crippen LogP contribution in [0.1, 0.15) is 28.6 Å². The van der Waals surface area contributed by atoms with E-state index < -0.39 is 24.1 Å². The van der Waals surface area contributed by atoms with Crippen LogP contribution in [0.2, 0.25) is 0 Å². The summed E-state index contributed by atoms with van der Waals surface area (Å²) >= 11 is 0. The second-order valence-electron chi connectivity index (χ2n) is 7.94. The van der Waals surface area contributed by atoms with Crippen LogP contribution < -0.4 is 14.8 Å². The number of benzene rings is 2. The Labute approximate surface area is 198 Å². The maximum Gasteiger partial charge on any atom is 0.328 e. The van der Waals surface area contributed by atoms with E-state index in [1.807, 2.05) is 36.4 Å². The van der Waals surface area contributed by atoms with Crippen LogP contribution in [0.15, 0.2) is 54.9 Å². The molecule has 2 aromatic carbocycles. The predicted octanol–water partition coefficient (Wildman–Crippen LogP) is 2.87. The Morgan fingerprint density at radius 1 is 1.15 bits per heavy atom. The monoisotopic (exact) mass is 464 g/mol. The number of nitrogens with zero attached hydrogens (tertiary/aromatic N) is 2. The first-order valence-electron chi connectivity index (χ1n) is 11.0. The van der Waals surface area contributed by atoms with Crippen LogP contribution in [0, 0.1) is 0 Å². The van der Waals surface area contributed by atoms with E-state index >= 15 is 0 Å². The van der Waals surface area contributed by atoms with E-state index in [2.05, 4.69) is 15.3 Å². The molecule has 0 spiro atoms. The summed E-state index contributed by atoms with van der Waals surface area (Å²) in [6.07, 6.45) is 2.54. The van der Waals surface area contributed by atoms with Crippen LogP contribution in [0.4, 0.5) is 4.79 Å². The lowest BCUT2D eigenvalue weighted by Gasteiger charge is -2.36. The smallest absolute Gasteiger partial charge is 0.328 e. The molecule has 1 aliphatic heterocycles. The van der Waals surface area contributed by atoms with Crippen molar-refractivity contribution < 1.29 is 23.8 Å². The Hall–Kier alpha value is -4.01. The standard InChI is InChI=1S/C25H28N4O5/c1-32-17-9-10-21(33-2)18(14-17)23-22-19(26-15-27-22)11-12-29(23)25(31)28-20(24(30)34-3)13-16-7-5-4-6-8-16/h4-10,14-15,20,23H,11-13H2,1-3H3,(H,26,27)(H,28,31). The molecule has 0 aliphatic carbocycles. The topological polar surface area (TPSA) is 106 Å². The fraction of sp³-hybridized carbons (Fsp3) is 0.320. The number of aromatic nitrogens is 2. The first-order valence-corrected chi connectivity index (χ1v) is 11.0. The normalized spacial score (nSPS) is 15.7. The molecule has 1 aromatic heterocycles. The van der Waals surface area contributed by atoms with E-state index in [1.54, 1.807) is 37.6 Å². The molecule has 2 amide bonds. The van der Waals surface area contributed by atoms with Gasteiger partial charge in [-0.15, -0.1) is 0 Å². The lowest BCUT2D eigenvalue weighted by molar-refractivity contribution is -0.142. The number of hydrogen-bond donors (Lipinski definition) is 2. The van der Waals surface area contributed by atoms with Crippen molar-refractivity contribution in [1.82, 2.24) is 20.2 Å². The van der Waals surface area contributed by atoms with E-state index in [-0.39, 0.29) is 0 Å². The van der Waals surface area contributed by atoms with E-state index in [0.29, 0.717) is 30.9 Å². The summed E-state index contributed by atoms with van der Waals surface area (Å²) in [5.41, 5.74) is 3.33. The third-order valence-corrected chi connectivity index (χ3v) is 5.98. The number of imidazole rings is 1. The molecule has 34 heavy (non-hydrogen) atoms. The second-order valence-corrected chi connectivity index (χ2v) is 7.94. The largest absolute Gasteiger partial charge is 0.497 e. The average Bonchev–Trinajstić information content (AvgIpc) is 3.36. The number of nitrogens with one attached hydrogen (secondary N) is 2. The van der Waals surface area contributed by atoms with Crippen LogP contribution in [-0.2, 0) is 22.4 Å². The van der Waals surface area contributed by atoms with Crippen molar-refractivity contribution in [3.8, 4) is 11.5 Å². The summed E-state index contributed by atoms with van der Waals surface area (Å²) in [7, 11) is 4.48. The van der Waals surface area contributed by atoms with Gasteiger partial charge in [0.15, 0.2) is 0 Å². The summed E-state index contributed by atoms with van der Waals surface area (Å²) < 4.78 is 16.0. The van der Waals surface area contributed by atoms with Crippen molar-refractivity contribution in [3.63, 3.8) is 0 Å². The Morgan fingerprint density at radius 3 is 2.65 bits per heavy atom. The molecule has 2 unspecified atom stereocenters. The van der Waals surface area contributed by atoms with Gasteiger partial charge in [-0.1, -0.05) is 30.3 Å². The predicted molar refractivity (Wildman–Crippen MR) is 125 cm³/mol. The van der Waals surface area contributed by atoms with Crippen LogP contribution in [0.5, 0.6) is 11.5 Å². The van der Waals surface area contributed by atoms with Crippen LogP contribution in [0.25, 0.3) is 0 Å². The van der Waals surface area contributed by atoms with Crippen LogP contribution >= 0.6 is 0 Å². The molecule has 9 heteroatoms. The van der Waals surface area contributed by atoms with Crippen molar-refractivity contribution in [2.75, 3.05) is 27.9 Å². The highest BCUT2D eigenvalue weighted by Gasteiger charge is 2.37. The Kier molecular flexibility index (Phi) is 7.01. The summed E-state index contributed by atoms with van der Waals surface area (Å²) in [5, 5.41) is 2.88. The molecule has 2 N–H and O–H groups in total. The van der Waals surface area contributed by atoms with Gasteiger partial charge in [0.1, 0.15) is 23.6 Å². The van der Waals surface area contributed by atoms with Crippen molar-refractivity contribution in [2.24, 2.45) is 0 Å². The van der Waals surface area contributed by atoms with Gasteiger partial charge in [0.25, 0.3) is 0 Å². The molecule has 0 saturated heterocycles. The molecule has 3 aromatic rings. The molecule has 0 saturated carbocycles. The van der Waals surface area contributed by atoms with Gasteiger partial charge in [0.2, 0.25) is 0 Å². The fourth-order valence-electron chi connectivity index (χ4n) is 4.28. The first-order chi connectivity index (χ1) is 16.5. The number of methoxy groups -OCH3 is 3. The average molecular weight is 465 g/mol. The minimum atomic E-state index is -0.840. The minimum absolute atomic E-state index is 0.313. The van der Waals surface area contributed by atoms with Gasteiger partial charge in [-0.2, -0.15) is 0 Å². The van der Waals surface area contributed by atoms with E-state index in [1.165, 1.54) is 7.11 Å². The highest BCUT2D eigenvalue weighted by molar-refractivity contribution is 5.84. The number of H-pyrrole nitrogens is 1. The molecule has 4 rings (SSSR count). The van der Waals surface area contributed by atoms with Gasteiger partial charge in [-0.25, -0.2) is 14.6 Å². The summed E-state index contributed by atoms with van der Waals surface area (Å²) in [6, 6.07) is 13.2. The maximum absolute atomic E-state index is 13.6. The van der Waals surface area contributed by atoms with E-state index in [9.17, 15) is 9.59 Å². The number of urea groups is 1. The number of carbonyl (C=O) groups is 2. The summed E-state index contributed by atoms with van der Waals surface area (Å²) in [5.74, 6) is 0.730. The highest BCUT2D eigenvalue weighted by Crippen LogP contribution is 2.39. The number of fused-ring (bicyclic) bond motifs is 1. The van der Waals surface area contributed by atoms with Crippen molar-refractivity contribution >= 4 is 12.0 Å². The zero-order chi connectivity index (χ0) is 24.1. The zero-order valence-electron chi connectivity index (χ0n) is 19.4. The molecular weight excluding hydrogens is 436 g/mol. The number of ether oxygens (including phenoxy) is 3.